The largest absolute Gasteiger partial charge is 0.445 e. The van der Waals surface area contributed by atoms with Gasteiger partial charge in [-0.15, -0.1) is 0 Å². The lowest BCUT2D eigenvalue weighted by Gasteiger charge is -2.08. The van der Waals surface area contributed by atoms with Gasteiger partial charge >= 0.3 is 5.63 Å². The van der Waals surface area contributed by atoms with Crippen molar-refractivity contribution in [1.82, 2.24) is 0 Å². The third-order valence-electron chi connectivity index (χ3n) is 3.09. The van der Waals surface area contributed by atoms with E-state index in [4.69, 9.17) is 21.4 Å². The van der Waals surface area contributed by atoms with Crippen LogP contribution in [0.2, 0.25) is 0 Å². The molecule has 2 aromatic carbocycles. The molecule has 21 heavy (non-hydrogen) atoms. The van der Waals surface area contributed by atoms with Crippen molar-refractivity contribution in [2.24, 2.45) is 0 Å². The van der Waals surface area contributed by atoms with Gasteiger partial charge in [0.1, 0.15) is 11.3 Å². The summed E-state index contributed by atoms with van der Waals surface area (Å²) in [4.78, 5) is 11.2. The van der Waals surface area contributed by atoms with Gasteiger partial charge < -0.3 is 9.15 Å². The molecular formula is C17H12O3S. The highest BCUT2D eigenvalue weighted by molar-refractivity contribution is 7.80. The molecule has 0 spiro atoms. The molecule has 1 aromatic heterocycles. The van der Waals surface area contributed by atoms with Crippen LogP contribution in [0.3, 0.4) is 0 Å². The van der Waals surface area contributed by atoms with Gasteiger partial charge in [0, 0.05) is 23.1 Å². The molecule has 3 nitrogen and oxygen atoms in total. The van der Waals surface area contributed by atoms with Gasteiger partial charge in [0.25, 0.3) is 0 Å². The lowest BCUT2D eigenvalue weighted by Crippen LogP contribution is -2.06. The number of ether oxygens (including phenoxy) is 1. The first-order chi connectivity index (χ1) is 10.1. The van der Waals surface area contributed by atoms with Crippen LogP contribution in [0, 0.1) is 6.92 Å². The van der Waals surface area contributed by atoms with Gasteiger partial charge in [-0.2, -0.15) is 0 Å². The van der Waals surface area contributed by atoms with Crippen molar-refractivity contribution in [3.8, 4) is 5.75 Å². The molecule has 0 saturated heterocycles. The Bertz CT molecular complexity index is 863. The number of hydrogen-bond donors (Lipinski definition) is 0. The third-order valence-corrected chi connectivity index (χ3v) is 3.41. The predicted molar refractivity (Wildman–Crippen MR) is 86.0 cm³/mol. The molecule has 3 aromatic rings. The van der Waals surface area contributed by atoms with Crippen LogP contribution in [0.15, 0.2) is 63.8 Å². The fourth-order valence-electron chi connectivity index (χ4n) is 1.96. The van der Waals surface area contributed by atoms with Crippen LogP contribution >= 0.6 is 12.2 Å². The summed E-state index contributed by atoms with van der Waals surface area (Å²) in [5.41, 5.74) is 2.09. The molecule has 0 aliphatic carbocycles. The van der Waals surface area contributed by atoms with Gasteiger partial charge in [-0.25, -0.2) is 4.79 Å². The molecule has 0 aliphatic rings. The maximum Gasteiger partial charge on any atom is 0.336 e. The summed E-state index contributed by atoms with van der Waals surface area (Å²) in [5.74, 6) is 0.544. The Kier molecular flexibility index (Phi) is 3.54. The zero-order chi connectivity index (χ0) is 14.8. The van der Waals surface area contributed by atoms with Crippen molar-refractivity contribution in [2.75, 3.05) is 0 Å². The van der Waals surface area contributed by atoms with E-state index >= 15 is 0 Å². The third kappa shape index (κ3) is 3.01. The fourth-order valence-corrected chi connectivity index (χ4v) is 2.19. The van der Waals surface area contributed by atoms with Crippen molar-refractivity contribution in [3.63, 3.8) is 0 Å². The van der Waals surface area contributed by atoms with Crippen molar-refractivity contribution in [1.29, 1.82) is 0 Å². The summed E-state index contributed by atoms with van der Waals surface area (Å²) < 4.78 is 10.8. The zero-order valence-electron chi connectivity index (χ0n) is 11.3. The number of fused-ring (bicyclic) bond motifs is 1. The second kappa shape index (κ2) is 5.50. The van der Waals surface area contributed by atoms with Crippen LogP contribution < -0.4 is 10.4 Å². The first-order valence-corrected chi connectivity index (χ1v) is 6.85. The minimum Gasteiger partial charge on any atom is -0.445 e. The van der Waals surface area contributed by atoms with Gasteiger partial charge in [0.15, 0.2) is 5.05 Å². The first-order valence-electron chi connectivity index (χ1n) is 6.44. The van der Waals surface area contributed by atoms with E-state index in [0.29, 0.717) is 16.4 Å². The molecular weight excluding hydrogens is 284 g/mol. The van der Waals surface area contributed by atoms with Crippen LogP contribution in [0.1, 0.15) is 11.1 Å². The average molecular weight is 296 g/mol. The van der Waals surface area contributed by atoms with Gasteiger partial charge in [-0.3, -0.25) is 0 Å². The van der Waals surface area contributed by atoms with Crippen LogP contribution in [0.4, 0.5) is 0 Å². The number of hydrogen-bond acceptors (Lipinski definition) is 4. The highest BCUT2D eigenvalue weighted by atomic mass is 32.1. The molecule has 3 rings (SSSR count). The van der Waals surface area contributed by atoms with Gasteiger partial charge in [-0.1, -0.05) is 29.8 Å². The highest BCUT2D eigenvalue weighted by Gasteiger charge is 2.06. The maximum absolute atomic E-state index is 11.2. The average Bonchev–Trinajstić information content (AvgIpc) is 2.47. The van der Waals surface area contributed by atoms with Gasteiger partial charge in [-0.05, 0) is 37.3 Å². The summed E-state index contributed by atoms with van der Waals surface area (Å²) in [6.45, 7) is 2.01. The summed E-state index contributed by atoms with van der Waals surface area (Å²) in [6, 6.07) is 16.2. The highest BCUT2D eigenvalue weighted by Crippen LogP contribution is 2.20. The summed E-state index contributed by atoms with van der Waals surface area (Å²) in [7, 11) is 0. The maximum atomic E-state index is 11.2. The SMILES string of the molecule is Cc1ccc(C(=S)Oc2ccc3ccc(=O)oc3c2)cc1. The van der Waals surface area contributed by atoms with E-state index in [1.165, 1.54) is 6.07 Å². The van der Waals surface area contributed by atoms with E-state index in [-0.39, 0.29) is 5.63 Å². The molecule has 0 fully saturated rings. The minimum atomic E-state index is -0.388. The molecule has 104 valence electrons. The summed E-state index contributed by atoms with van der Waals surface area (Å²) in [5, 5.41) is 1.22. The molecule has 0 N–H and O–H groups in total. The minimum absolute atomic E-state index is 0.382. The quantitative estimate of drug-likeness (QED) is 0.532. The molecule has 0 bridgehead atoms. The normalized spacial score (nSPS) is 10.5. The topological polar surface area (TPSA) is 39.4 Å². The van der Waals surface area contributed by atoms with E-state index in [1.54, 1.807) is 18.2 Å². The Labute approximate surface area is 126 Å². The molecule has 0 aliphatic heterocycles. The summed E-state index contributed by atoms with van der Waals surface area (Å²) in [6.07, 6.45) is 0. The van der Waals surface area contributed by atoms with Crippen molar-refractivity contribution in [2.45, 2.75) is 6.92 Å². The van der Waals surface area contributed by atoms with Crippen molar-refractivity contribution >= 4 is 28.2 Å². The van der Waals surface area contributed by atoms with Gasteiger partial charge in [0.05, 0.1) is 0 Å². The number of benzene rings is 2. The molecule has 4 heteroatoms. The van der Waals surface area contributed by atoms with E-state index in [9.17, 15) is 4.79 Å². The molecule has 0 unspecified atom stereocenters. The number of aryl methyl sites for hydroxylation is 1. The summed E-state index contributed by atoms with van der Waals surface area (Å²) >= 11 is 5.28. The Morgan fingerprint density at radius 1 is 1.05 bits per heavy atom. The monoisotopic (exact) mass is 296 g/mol. The standard InChI is InChI=1S/C17H12O3S/c1-11-2-4-13(5-3-11)17(21)19-14-8-6-12-7-9-16(18)20-15(12)10-14/h2-10H,1H3. The van der Waals surface area contributed by atoms with E-state index in [2.05, 4.69) is 0 Å². The Morgan fingerprint density at radius 3 is 2.52 bits per heavy atom. The van der Waals surface area contributed by atoms with Crippen molar-refractivity contribution in [3.05, 3.63) is 76.1 Å². The Balaban J connectivity index is 1.89. The second-order valence-electron chi connectivity index (χ2n) is 4.71. The van der Waals surface area contributed by atoms with E-state index < -0.39 is 0 Å². The number of thiocarbonyl (C=S) groups is 1. The molecule has 0 atom stereocenters. The Morgan fingerprint density at radius 2 is 1.76 bits per heavy atom. The van der Waals surface area contributed by atoms with E-state index in [1.807, 2.05) is 37.3 Å². The lowest BCUT2D eigenvalue weighted by molar-refractivity contribution is 0.546. The van der Waals surface area contributed by atoms with Crippen LogP contribution in [-0.2, 0) is 0 Å². The molecule has 0 amide bonds. The van der Waals surface area contributed by atoms with E-state index in [0.717, 1.165) is 16.5 Å². The zero-order valence-corrected chi connectivity index (χ0v) is 12.1. The van der Waals surface area contributed by atoms with Crippen LogP contribution in [-0.4, -0.2) is 5.05 Å². The number of rotatable bonds is 2. The molecule has 1 heterocycles. The fraction of sp³-hybridized carbons (Fsp3) is 0.0588. The predicted octanol–water partition coefficient (Wildman–Crippen LogP) is 3.86. The molecule has 0 radical (unpaired) electrons. The van der Waals surface area contributed by atoms with Crippen molar-refractivity contribution < 1.29 is 9.15 Å². The molecule has 0 saturated carbocycles. The Hall–Kier alpha value is -2.46. The van der Waals surface area contributed by atoms with Crippen LogP contribution in [0.25, 0.3) is 11.0 Å². The first kappa shape index (κ1) is 13.5. The van der Waals surface area contributed by atoms with Crippen LogP contribution in [0.5, 0.6) is 5.75 Å². The second-order valence-corrected chi connectivity index (χ2v) is 5.08. The van der Waals surface area contributed by atoms with Gasteiger partial charge in [0.2, 0.25) is 0 Å². The smallest absolute Gasteiger partial charge is 0.336 e. The lowest BCUT2D eigenvalue weighted by atomic mass is 10.2.